The molecule has 0 bridgehead atoms. The number of carbonyl (C=O) groups is 5. The number of alkyl carbamates (subject to hydrolysis) is 2. The predicted molar refractivity (Wildman–Crippen MR) is 252 cm³/mol. The molecule has 0 unspecified atom stereocenters. The van der Waals surface area contributed by atoms with E-state index in [1.54, 1.807) is 72.9 Å². The van der Waals surface area contributed by atoms with Crippen molar-refractivity contribution in [1.82, 2.24) is 20.5 Å². The molecule has 3 saturated heterocycles. The van der Waals surface area contributed by atoms with Crippen LogP contribution < -0.4 is 16.0 Å². The molecule has 2 amide bonds. The van der Waals surface area contributed by atoms with Crippen molar-refractivity contribution in [2.45, 2.75) is 148 Å². The number of benzene rings is 1. The summed E-state index contributed by atoms with van der Waals surface area (Å²) in [6.07, 6.45) is 1.78. The number of amides is 2. The number of carbonyl (C=O) groups excluding carboxylic acids is 5. The number of hydrogen-bond acceptors (Lipinski definition) is 15. The standard InChI is InChI=1S/C51H71N5O12/c1-11-39-51(8)44(55-49(62)68-51)31(4)41(58)29(2)26-50(7,67-48(61)53-22-15-14-17-34-24-36-19-12-13-20-37(36)54-28-34)45(66-47-42(59)38(56(9)10)23-30(3)63-47)32(5)43(33(6)46(60)64-39)65-40(57)25-35-18-16-21-52-27-35/h12-21,27,29-33,38-39,42-45,47,54,59H,11,22-26,28H2,1-10H3,(H,53,61)(H,55,62)/t29-,30-,31+,32+,33-,38+,39-,42-,43+,44-,45-,47+,50-,51-/m1/s1. The van der Waals surface area contributed by atoms with E-state index in [2.05, 4.69) is 27.0 Å². The van der Waals surface area contributed by atoms with E-state index in [1.165, 1.54) is 11.8 Å². The van der Waals surface area contributed by atoms with Crippen LogP contribution in [0.15, 0.2) is 72.6 Å². The lowest BCUT2D eigenvalue weighted by molar-refractivity contribution is -0.298. The number of nitrogens with zero attached hydrogens (tertiary/aromatic N) is 2. The highest BCUT2D eigenvalue weighted by atomic mass is 16.7. The molecule has 3 fully saturated rings. The second kappa shape index (κ2) is 22.4. The number of esters is 2. The summed E-state index contributed by atoms with van der Waals surface area (Å²) >= 11 is 0. The molecule has 68 heavy (non-hydrogen) atoms. The van der Waals surface area contributed by atoms with Crippen molar-refractivity contribution in [3.63, 3.8) is 0 Å². The molecule has 0 radical (unpaired) electrons. The first kappa shape index (κ1) is 52.0. The summed E-state index contributed by atoms with van der Waals surface area (Å²) in [7, 11) is 3.68. The molecule has 1 aromatic carbocycles. The zero-order valence-electron chi connectivity index (χ0n) is 41.1. The van der Waals surface area contributed by atoms with Gasteiger partial charge >= 0.3 is 24.1 Å². The van der Waals surface area contributed by atoms with Crippen LogP contribution >= 0.6 is 0 Å². The van der Waals surface area contributed by atoms with Crippen LogP contribution in [0.25, 0.3) is 0 Å². The van der Waals surface area contributed by atoms with Gasteiger partial charge in [-0.1, -0.05) is 70.2 Å². The van der Waals surface area contributed by atoms with Gasteiger partial charge < -0.3 is 54.4 Å². The van der Waals surface area contributed by atoms with Crippen molar-refractivity contribution in [3.8, 4) is 0 Å². The number of hydrogen-bond donors (Lipinski definition) is 4. The number of aliphatic hydroxyl groups is 1. The number of fused-ring (bicyclic) bond motifs is 2. The van der Waals surface area contributed by atoms with Crippen LogP contribution in [0.3, 0.4) is 0 Å². The van der Waals surface area contributed by atoms with Gasteiger partial charge in [0.1, 0.15) is 35.8 Å². The largest absolute Gasteiger partial charge is 0.461 e. The van der Waals surface area contributed by atoms with E-state index < -0.39 is 102 Å². The molecule has 372 valence electrons. The Hall–Kier alpha value is -5.36. The molecule has 17 heteroatoms. The number of rotatable bonds is 11. The van der Waals surface area contributed by atoms with Crippen molar-refractivity contribution in [1.29, 1.82) is 0 Å². The Morgan fingerprint density at radius 1 is 1.04 bits per heavy atom. The van der Waals surface area contributed by atoms with E-state index in [0.29, 0.717) is 18.5 Å². The average Bonchev–Trinajstić information content (AvgIpc) is 3.62. The van der Waals surface area contributed by atoms with Crippen molar-refractivity contribution in [2.75, 3.05) is 32.5 Å². The van der Waals surface area contributed by atoms with E-state index in [1.807, 2.05) is 56.3 Å². The topological polar surface area (TPSA) is 213 Å². The van der Waals surface area contributed by atoms with E-state index in [9.17, 15) is 29.1 Å². The maximum absolute atomic E-state index is 14.7. The number of pyridine rings is 1. The molecule has 5 heterocycles. The van der Waals surface area contributed by atoms with Gasteiger partial charge in [0.25, 0.3) is 0 Å². The van der Waals surface area contributed by atoms with Gasteiger partial charge in [0.15, 0.2) is 11.9 Å². The number of para-hydroxylation sites is 1. The number of likely N-dealkylation sites (N-methyl/N-ethyl adjacent to an activating group) is 1. The first-order valence-electron chi connectivity index (χ1n) is 23.8. The summed E-state index contributed by atoms with van der Waals surface area (Å²) in [6.45, 7) is 14.3. The second-order valence-electron chi connectivity index (χ2n) is 19.6. The molecular formula is C51H71N5O12. The molecule has 1 aromatic heterocycles. The van der Waals surface area contributed by atoms with Gasteiger partial charge in [0.2, 0.25) is 0 Å². The van der Waals surface area contributed by atoms with Crippen LogP contribution in [0, 0.1) is 23.7 Å². The molecule has 17 nitrogen and oxygen atoms in total. The Labute approximate surface area is 400 Å². The smallest absolute Gasteiger partial charge is 0.408 e. The maximum Gasteiger partial charge on any atom is 0.408 e. The fourth-order valence-electron chi connectivity index (χ4n) is 10.4. The number of ether oxygens (including phenoxy) is 6. The molecule has 4 N–H and O–H groups in total. The third-order valence-corrected chi connectivity index (χ3v) is 14.1. The number of allylic oxidation sites excluding steroid dienone is 2. The summed E-state index contributed by atoms with van der Waals surface area (Å²) in [5.41, 5.74) is 0.801. The quantitative estimate of drug-likeness (QED) is 0.157. The molecule has 4 aliphatic rings. The third kappa shape index (κ3) is 12.1. The zero-order chi connectivity index (χ0) is 49.5. The molecule has 0 spiro atoms. The molecule has 6 rings (SSSR count). The van der Waals surface area contributed by atoms with Crippen LogP contribution in [0.5, 0.6) is 0 Å². The molecular weight excluding hydrogens is 875 g/mol. The average molecular weight is 946 g/mol. The van der Waals surface area contributed by atoms with E-state index in [4.69, 9.17) is 28.4 Å². The van der Waals surface area contributed by atoms with Crippen LogP contribution in [0.4, 0.5) is 15.3 Å². The number of anilines is 1. The number of aromatic nitrogens is 1. The minimum absolute atomic E-state index is 0.0811. The van der Waals surface area contributed by atoms with Gasteiger partial charge in [-0.05, 0) is 96.3 Å². The van der Waals surface area contributed by atoms with Crippen LogP contribution in [0.1, 0.15) is 85.8 Å². The lowest BCUT2D eigenvalue weighted by atomic mass is 9.73. The minimum Gasteiger partial charge on any atom is -0.461 e. The number of aliphatic hydroxyl groups excluding tert-OH is 1. The minimum atomic E-state index is -1.76. The fourth-order valence-corrected chi connectivity index (χ4v) is 10.4. The Morgan fingerprint density at radius 3 is 2.50 bits per heavy atom. The lowest BCUT2D eigenvalue weighted by Gasteiger charge is -2.48. The Kier molecular flexibility index (Phi) is 17.1. The highest BCUT2D eigenvalue weighted by Crippen LogP contribution is 2.42. The highest BCUT2D eigenvalue weighted by molar-refractivity contribution is 5.85. The van der Waals surface area contributed by atoms with Crippen molar-refractivity contribution in [3.05, 3.63) is 83.7 Å². The molecule has 14 atom stereocenters. The normalized spacial score (nSPS) is 35.2. The van der Waals surface area contributed by atoms with Gasteiger partial charge in [-0.3, -0.25) is 19.4 Å². The van der Waals surface area contributed by atoms with E-state index >= 15 is 0 Å². The molecule has 0 saturated carbocycles. The molecule has 0 aliphatic carbocycles. The number of Topliss-reactive ketones (excluding diaryl/α,β-unsaturated/α-hetero) is 1. The van der Waals surface area contributed by atoms with Gasteiger partial charge in [-0.25, -0.2) is 9.59 Å². The summed E-state index contributed by atoms with van der Waals surface area (Å²) in [5, 5.41) is 20.9. The van der Waals surface area contributed by atoms with E-state index in [0.717, 1.165) is 17.7 Å². The van der Waals surface area contributed by atoms with Crippen molar-refractivity contribution in [2.24, 2.45) is 23.7 Å². The van der Waals surface area contributed by atoms with Crippen molar-refractivity contribution >= 4 is 35.6 Å². The number of nitrogens with one attached hydrogen (secondary N) is 3. The third-order valence-electron chi connectivity index (χ3n) is 14.1. The fraction of sp³-hybridized carbons (Fsp3) is 0.608. The first-order valence-corrected chi connectivity index (χ1v) is 23.8. The first-order chi connectivity index (χ1) is 32.2. The van der Waals surface area contributed by atoms with Crippen LogP contribution in [-0.2, 0) is 55.6 Å². The van der Waals surface area contributed by atoms with Crippen LogP contribution in [-0.4, -0.2) is 132 Å². The van der Waals surface area contributed by atoms with Gasteiger partial charge in [0.05, 0.1) is 24.5 Å². The molecule has 2 aromatic rings. The van der Waals surface area contributed by atoms with E-state index in [-0.39, 0.29) is 37.7 Å². The Bertz CT molecular complexity index is 2170. The number of cyclic esters (lactones) is 1. The summed E-state index contributed by atoms with van der Waals surface area (Å²) < 4.78 is 38.0. The maximum atomic E-state index is 14.7. The molecule has 4 aliphatic heterocycles. The summed E-state index contributed by atoms with van der Waals surface area (Å²) in [6, 6.07) is 10.2. The zero-order valence-corrected chi connectivity index (χ0v) is 41.1. The van der Waals surface area contributed by atoms with Gasteiger partial charge in [0, 0.05) is 55.0 Å². The van der Waals surface area contributed by atoms with Crippen molar-refractivity contribution < 1.29 is 57.5 Å². The second-order valence-corrected chi connectivity index (χ2v) is 19.6. The lowest BCUT2D eigenvalue weighted by Crippen LogP contribution is -2.61. The monoisotopic (exact) mass is 946 g/mol. The number of ketones is 1. The van der Waals surface area contributed by atoms with Crippen LogP contribution in [0.2, 0.25) is 0 Å². The Balaban J connectivity index is 1.40. The van der Waals surface area contributed by atoms with Gasteiger partial charge in [-0.2, -0.15) is 0 Å². The Morgan fingerprint density at radius 2 is 1.79 bits per heavy atom. The highest BCUT2D eigenvalue weighted by Gasteiger charge is 2.58. The van der Waals surface area contributed by atoms with Gasteiger partial charge in [-0.15, -0.1) is 0 Å². The summed E-state index contributed by atoms with van der Waals surface area (Å²) in [4.78, 5) is 76.5. The predicted octanol–water partition coefficient (Wildman–Crippen LogP) is 5.69. The SMILES string of the molecule is CC[C@H]1OC(=O)[C@H](C)[C@@H](OC(=O)Cc2cccnc2)[C@H](C)[C@@H](O[C@@H]2O[C@H](C)C[C@H](N(C)C)[C@H]2O)[C@](C)(OC(=O)NCC=CC=C2CNc3ccccc3C2)C[C@@H](C)C(=O)[C@H](C)[C@H]2NC(=O)O[C@@]21C. The summed E-state index contributed by atoms with van der Waals surface area (Å²) in [5.74, 6) is -5.70.